The summed E-state index contributed by atoms with van der Waals surface area (Å²) < 4.78 is 5.50. The van der Waals surface area contributed by atoms with Crippen molar-refractivity contribution in [2.24, 2.45) is 0 Å². The summed E-state index contributed by atoms with van der Waals surface area (Å²) in [5.41, 5.74) is 0. The monoisotopic (exact) mass is 1160 g/mol. The maximum atomic E-state index is 12.6. The summed E-state index contributed by atoms with van der Waals surface area (Å²) in [4.78, 5) is 24.7. The van der Waals surface area contributed by atoms with E-state index in [-0.39, 0.29) is 18.5 Å². The summed E-state index contributed by atoms with van der Waals surface area (Å²) in [6, 6.07) is -0.546. The molecular formula is C76H149NO5. The third-order valence-electron chi connectivity index (χ3n) is 18.1. The van der Waals surface area contributed by atoms with Gasteiger partial charge in [0.05, 0.1) is 25.4 Å². The van der Waals surface area contributed by atoms with Crippen LogP contribution in [0.3, 0.4) is 0 Å². The number of aliphatic hydroxyl groups is 2. The highest BCUT2D eigenvalue weighted by Crippen LogP contribution is 2.20. The normalized spacial score (nSPS) is 12.5. The van der Waals surface area contributed by atoms with Gasteiger partial charge in [-0.1, -0.05) is 386 Å². The second-order valence-corrected chi connectivity index (χ2v) is 26.3. The Kier molecular flexibility index (Phi) is 70.8. The van der Waals surface area contributed by atoms with E-state index in [1.807, 2.05) is 0 Å². The molecule has 0 saturated heterocycles. The third kappa shape index (κ3) is 67.7. The molecule has 3 N–H and O–H groups in total. The van der Waals surface area contributed by atoms with Gasteiger partial charge in [0.1, 0.15) is 0 Å². The van der Waals surface area contributed by atoms with Crippen LogP contribution in [-0.2, 0) is 14.3 Å². The lowest BCUT2D eigenvalue weighted by molar-refractivity contribution is -0.143. The molecule has 0 spiro atoms. The predicted octanol–water partition coefficient (Wildman–Crippen LogP) is 24.7. The number of hydrogen-bond acceptors (Lipinski definition) is 5. The number of hydrogen-bond donors (Lipinski definition) is 3. The van der Waals surface area contributed by atoms with Crippen molar-refractivity contribution in [1.29, 1.82) is 0 Å². The first kappa shape index (κ1) is 80.6. The quantitative estimate of drug-likeness (QED) is 0.0320. The molecule has 488 valence electrons. The molecule has 0 radical (unpaired) electrons. The molecular weight excluding hydrogens is 1010 g/mol. The molecule has 0 aliphatic rings. The Morgan fingerprint density at radius 2 is 0.573 bits per heavy atom. The maximum Gasteiger partial charge on any atom is 0.305 e. The van der Waals surface area contributed by atoms with Crippen molar-refractivity contribution in [2.45, 2.75) is 450 Å². The number of nitrogens with one attached hydrogen (secondary N) is 1. The van der Waals surface area contributed by atoms with Gasteiger partial charge in [-0.2, -0.15) is 0 Å². The maximum absolute atomic E-state index is 12.6. The molecule has 6 nitrogen and oxygen atoms in total. The number of unbranched alkanes of at least 4 members (excludes halogenated alkanes) is 59. The van der Waals surface area contributed by atoms with Gasteiger partial charge in [-0.3, -0.25) is 9.59 Å². The molecule has 2 unspecified atom stereocenters. The average Bonchev–Trinajstić information content (AvgIpc) is 3.48. The van der Waals surface area contributed by atoms with Gasteiger partial charge in [-0.05, 0) is 51.4 Å². The second-order valence-electron chi connectivity index (χ2n) is 26.3. The topological polar surface area (TPSA) is 95.9 Å². The molecule has 0 aromatic rings. The molecule has 0 bridgehead atoms. The first-order chi connectivity index (χ1) is 40.5. The fourth-order valence-corrected chi connectivity index (χ4v) is 12.3. The predicted molar refractivity (Wildman–Crippen MR) is 361 cm³/mol. The molecule has 1 amide bonds. The van der Waals surface area contributed by atoms with Crippen LogP contribution in [0.5, 0.6) is 0 Å². The summed E-state index contributed by atoms with van der Waals surface area (Å²) in [7, 11) is 0. The van der Waals surface area contributed by atoms with Crippen LogP contribution < -0.4 is 5.32 Å². The van der Waals surface area contributed by atoms with E-state index in [1.165, 1.54) is 366 Å². The van der Waals surface area contributed by atoms with Gasteiger partial charge in [-0.25, -0.2) is 0 Å². The zero-order chi connectivity index (χ0) is 59.2. The van der Waals surface area contributed by atoms with Crippen LogP contribution in [0.15, 0.2) is 12.2 Å². The Bertz CT molecular complexity index is 1240. The van der Waals surface area contributed by atoms with Crippen molar-refractivity contribution in [1.82, 2.24) is 5.32 Å². The van der Waals surface area contributed by atoms with E-state index in [9.17, 15) is 19.8 Å². The van der Waals surface area contributed by atoms with Crippen molar-refractivity contribution in [3.8, 4) is 0 Å². The number of carbonyl (C=O) groups is 2. The van der Waals surface area contributed by atoms with Crippen LogP contribution in [0.2, 0.25) is 0 Å². The molecule has 0 aliphatic carbocycles. The molecule has 2 atom stereocenters. The minimum atomic E-state index is -0.668. The highest BCUT2D eigenvalue weighted by Gasteiger charge is 2.20. The van der Waals surface area contributed by atoms with Crippen LogP contribution in [0.4, 0.5) is 0 Å². The molecule has 6 heteroatoms. The zero-order valence-corrected chi connectivity index (χ0v) is 56.0. The number of esters is 1. The minimum Gasteiger partial charge on any atom is -0.466 e. The third-order valence-corrected chi connectivity index (χ3v) is 18.1. The van der Waals surface area contributed by atoms with Gasteiger partial charge in [0, 0.05) is 12.8 Å². The van der Waals surface area contributed by atoms with Crippen LogP contribution in [-0.4, -0.2) is 47.4 Å². The number of carbonyl (C=O) groups excluding carboxylic acids is 2. The van der Waals surface area contributed by atoms with Crippen LogP contribution in [0, 0.1) is 0 Å². The standard InChI is InChI=1S/C76H149NO5/c1-3-5-7-9-11-13-15-17-19-21-22-23-24-25-28-31-34-37-40-44-48-52-56-60-64-68-74(79)73(72-78)77-75(80)69-65-61-57-53-49-45-41-38-35-32-29-26-27-30-33-36-39-43-47-51-55-59-63-67-71-82-76(81)70-66-62-58-54-50-46-42-20-18-16-14-12-10-8-6-4-2/h29,32,73-74,78-79H,3-28,30-31,33-72H2,1-2H3,(H,77,80)/b32-29-. The van der Waals surface area contributed by atoms with E-state index in [4.69, 9.17) is 4.74 Å². The number of rotatable bonds is 72. The summed E-state index contributed by atoms with van der Waals surface area (Å²) in [6.07, 6.45) is 89.9. The van der Waals surface area contributed by atoms with Gasteiger partial charge in [0.2, 0.25) is 5.91 Å². The molecule has 0 heterocycles. The lowest BCUT2D eigenvalue weighted by atomic mass is 10.0. The Hall–Kier alpha value is -1.40. The SMILES string of the molecule is CCCCCCCCCCCCCCCCCCCCCCCCCCCC(O)C(CO)NC(=O)CCCCCCCCCC/C=C\CCCCCCCCCCCCCCOC(=O)CCCCCCCCCCCCCCCCCC. The number of allylic oxidation sites excluding steroid dienone is 2. The molecule has 0 aromatic heterocycles. The zero-order valence-electron chi connectivity index (χ0n) is 56.0. The number of aliphatic hydroxyl groups excluding tert-OH is 2. The Morgan fingerprint density at radius 1 is 0.329 bits per heavy atom. The Balaban J connectivity index is 3.39. The van der Waals surface area contributed by atoms with Crippen LogP contribution in [0.25, 0.3) is 0 Å². The minimum absolute atomic E-state index is 0.0175. The summed E-state index contributed by atoms with van der Waals surface area (Å²) in [5, 5.41) is 23.5. The van der Waals surface area contributed by atoms with E-state index in [2.05, 4.69) is 31.3 Å². The van der Waals surface area contributed by atoms with Crippen molar-refractivity contribution in [2.75, 3.05) is 13.2 Å². The van der Waals surface area contributed by atoms with Crippen molar-refractivity contribution in [3.05, 3.63) is 12.2 Å². The van der Waals surface area contributed by atoms with Crippen molar-refractivity contribution < 1.29 is 24.5 Å². The van der Waals surface area contributed by atoms with Gasteiger partial charge in [0.15, 0.2) is 0 Å². The summed E-state index contributed by atoms with van der Waals surface area (Å²) in [6.45, 7) is 5.01. The smallest absolute Gasteiger partial charge is 0.305 e. The number of ether oxygens (including phenoxy) is 1. The van der Waals surface area contributed by atoms with Crippen molar-refractivity contribution >= 4 is 11.9 Å². The van der Waals surface area contributed by atoms with Crippen LogP contribution in [0.1, 0.15) is 438 Å². The largest absolute Gasteiger partial charge is 0.466 e. The van der Waals surface area contributed by atoms with Crippen molar-refractivity contribution in [3.63, 3.8) is 0 Å². The van der Waals surface area contributed by atoms with E-state index in [1.54, 1.807) is 0 Å². The van der Waals surface area contributed by atoms with E-state index in [0.717, 1.165) is 38.5 Å². The lowest BCUT2D eigenvalue weighted by Crippen LogP contribution is -2.45. The molecule has 0 saturated carbocycles. The summed E-state index contributed by atoms with van der Waals surface area (Å²) >= 11 is 0. The van der Waals surface area contributed by atoms with Gasteiger partial charge < -0.3 is 20.3 Å². The average molecular weight is 1160 g/mol. The van der Waals surface area contributed by atoms with Gasteiger partial charge in [-0.15, -0.1) is 0 Å². The van der Waals surface area contributed by atoms with E-state index < -0.39 is 12.1 Å². The number of amides is 1. The second kappa shape index (κ2) is 72.1. The molecule has 82 heavy (non-hydrogen) atoms. The summed E-state index contributed by atoms with van der Waals surface area (Å²) in [5.74, 6) is -0.0162. The highest BCUT2D eigenvalue weighted by molar-refractivity contribution is 5.76. The first-order valence-corrected chi connectivity index (χ1v) is 37.9. The van der Waals surface area contributed by atoms with E-state index >= 15 is 0 Å². The molecule has 0 aromatic carbocycles. The molecule has 0 aliphatic heterocycles. The van der Waals surface area contributed by atoms with Crippen LogP contribution >= 0.6 is 0 Å². The highest BCUT2D eigenvalue weighted by atomic mass is 16.5. The first-order valence-electron chi connectivity index (χ1n) is 37.9. The Morgan fingerprint density at radius 3 is 0.866 bits per heavy atom. The Labute approximate surface area is 514 Å². The molecule has 0 fully saturated rings. The van der Waals surface area contributed by atoms with Gasteiger partial charge >= 0.3 is 5.97 Å². The van der Waals surface area contributed by atoms with E-state index in [0.29, 0.717) is 25.9 Å². The van der Waals surface area contributed by atoms with Gasteiger partial charge in [0.25, 0.3) is 0 Å². The fourth-order valence-electron chi connectivity index (χ4n) is 12.3. The molecule has 0 rings (SSSR count). The fraction of sp³-hybridized carbons (Fsp3) is 0.947. The lowest BCUT2D eigenvalue weighted by Gasteiger charge is -2.22.